The van der Waals surface area contributed by atoms with Gasteiger partial charge in [-0.25, -0.2) is 4.98 Å². The van der Waals surface area contributed by atoms with E-state index >= 15 is 0 Å². The second kappa shape index (κ2) is 7.51. The van der Waals surface area contributed by atoms with Crippen molar-refractivity contribution in [3.63, 3.8) is 0 Å². The number of hydrogen-bond acceptors (Lipinski definition) is 5. The van der Waals surface area contributed by atoms with Crippen LogP contribution in [0.4, 0.5) is 5.82 Å². The number of rotatable bonds is 4. The SMILES string of the molecule is O=CCC1CCN(C2CCN(c3ccn4c(n3)nc3ccccc34)CC2)CC1. The molecule has 0 spiro atoms. The maximum atomic E-state index is 10.7. The molecule has 0 saturated carbocycles. The summed E-state index contributed by atoms with van der Waals surface area (Å²) in [6, 6.07) is 11.0. The average Bonchev–Trinajstić information content (AvgIpc) is 3.12. The van der Waals surface area contributed by atoms with E-state index in [1.165, 1.54) is 25.7 Å². The van der Waals surface area contributed by atoms with Crippen molar-refractivity contribution in [3.8, 4) is 0 Å². The fraction of sp³-hybridized carbons (Fsp3) is 0.500. The molecule has 0 bridgehead atoms. The number of carbonyl (C=O) groups is 1. The number of nitrogens with zero attached hydrogens (tertiary/aromatic N) is 5. The second-order valence-corrected chi connectivity index (χ2v) is 8.16. The number of carbonyl (C=O) groups excluding carboxylic acids is 1. The Morgan fingerprint density at radius 2 is 1.75 bits per heavy atom. The topological polar surface area (TPSA) is 53.7 Å². The van der Waals surface area contributed by atoms with Crippen molar-refractivity contribution >= 4 is 28.9 Å². The van der Waals surface area contributed by atoms with Crippen LogP contribution in [-0.4, -0.2) is 57.8 Å². The van der Waals surface area contributed by atoms with E-state index in [-0.39, 0.29) is 0 Å². The molecule has 4 heterocycles. The highest BCUT2D eigenvalue weighted by molar-refractivity contribution is 5.79. The maximum Gasteiger partial charge on any atom is 0.236 e. The molecule has 3 aromatic rings. The normalized spacial score (nSPS) is 20.2. The highest BCUT2D eigenvalue weighted by atomic mass is 16.1. The van der Waals surface area contributed by atoms with Crippen LogP contribution in [0.15, 0.2) is 36.5 Å². The summed E-state index contributed by atoms with van der Waals surface area (Å²) in [5, 5.41) is 0. The molecule has 2 fully saturated rings. The van der Waals surface area contributed by atoms with E-state index in [2.05, 4.69) is 37.5 Å². The van der Waals surface area contributed by atoms with Crippen molar-refractivity contribution in [2.75, 3.05) is 31.1 Å². The Bertz CT molecular complexity index is 967. The van der Waals surface area contributed by atoms with Crippen LogP contribution in [0.1, 0.15) is 32.1 Å². The molecule has 2 saturated heterocycles. The predicted molar refractivity (Wildman–Crippen MR) is 111 cm³/mol. The number of likely N-dealkylation sites (tertiary alicyclic amines) is 1. The number of aromatic nitrogens is 3. The van der Waals surface area contributed by atoms with E-state index in [1.54, 1.807) is 0 Å². The lowest BCUT2D eigenvalue weighted by atomic mass is 9.91. The lowest BCUT2D eigenvalue weighted by Gasteiger charge is -2.42. The van der Waals surface area contributed by atoms with Crippen molar-refractivity contribution < 1.29 is 4.79 Å². The molecule has 0 aliphatic carbocycles. The van der Waals surface area contributed by atoms with Crippen molar-refractivity contribution in [1.82, 2.24) is 19.3 Å². The molecule has 2 aromatic heterocycles. The van der Waals surface area contributed by atoms with Crippen LogP contribution in [0, 0.1) is 5.92 Å². The third-order valence-electron chi connectivity index (χ3n) is 6.55. The molecule has 0 amide bonds. The Labute approximate surface area is 165 Å². The molecule has 0 unspecified atom stereocenters. The minimum absolute atomic E-state index is 0.606. The monoisotopic (exact) mass is 377 g/mol. The minimum atomic E-state index is 0.606. The van der Waals surface area contributed by atoms with Gasteiger partial charge < -0.3 is 14.6 Å². The molecule has 6 nitrogen and oxygen atoms in total. The number of piperidine rings is 2. The number of para-hydroxylation sites is 2. The zero-order valence-corrected chi connectivity index (χ0v) is 16.2. The molecule has 6 heteroatoms. The molecule has 5 rings (SSSR count). The van der Waals surface area contributed by atoms with Crippen molar-refractivity contribution in [2.24, 2.45) is 5.92 Å². The van der Waals surface area contributed by atoms with E-state index < -0.39 is 0 Å². The first-order chi connectivity index (χ1) is 13.8. The summed E-state index contributed by atoms with van der Waals surface area (Å²) >= 11 is 0. The van der Waals surface area contributed by atoms with Gasteiger partial charge in [0.2, 0.25) is 5.78 Å². The summed E-state index contributed by atoms with van der Waals surface area (Å²) in [5.41, 5.74) is 2.09. The zero-order valence-electron chi connectivity index (χ0n) is 16.2. The summed E-state index contributed by atoms with van der Waals surface area (Å²) in [4.78, 5) is 25.3. The summed E-state index contributed by atoms with van der Waals surface area (Å²) in [7, 11) is 0. The Kier molecular flexibility index (Phi) is 4.72. The smallest absolute Gasteiger partial charge is 0.236 e. The Morgan fingerprint density at radius 3 is 2.54 bits per heavy atom. The van der Waals surface area contributed by atoms with Gasteiger partial charge >= 0.3 is 0 Å². The number of aldehydes is 1. The molecule has 146 valence electrons. The standard InChI is InChI=1S/C22H27N5O/c28-16-10-17-5-11-25(12-6-17)18-7-13-26(14-8-18)21-9-15-27-20-4-2-1-3-19(20)23-22(27)24-21/h1-4,9,15-18H,5-8,10-14H2. The molecule has 0 N–H and O–H groups in total. The van der Waals surface area contributed by atoms with Gasteiger partial charge in [0.15, 0.2) is 0 Å². The Balaban J connectivity index is 1.24. The van der Waals surface area contributed by atoms with Gasteiger partial charge in [-0.1, -0.05) is 12.1 Å². The van der Waals surface area contributed by atoms with Crippen LogP contribution in [0.2, 0.25) is 0 Å². The lowest BCUT2D eigenvalue weighted by molar-refractivity contribution is -0.109. The van der Waals surface area contributed by atoms with E-state index in [0.29, 0.717) is 12.0 Å². The molecular weight excluding hydrogens is 350 g/mol. The van der Waals surface area contributed by atoms with Gasteiger partial charge in [0.05, 0.1) is 11.0 Å². The molecule has 0 radical (unpaired) electrons. The Hall–Kier alpha value is -2.47. The van der Waals surface area contributed by atoms with E-state index in [9.17, 15) is 4.79 Å². The highest BCUT2D eigenvalue weighted by Crippen LogP contribution is 2.27. The van der Waals surface area contributed by atoms with Gasteiger partial charge in [-0.15, -0.1) is 0 Å². The van der Waals surface area contributed by atoms with Crippen LogP contribution in [0.5, 0.6) is 0 Å². The molecule has 28 heavy (non-hydrogen) atoms. The Morgan fingerprint density at radius 1 is 0.964 bits per heavy atom. The minimum Gasteiger partial charge on any atom is -0.356 e. The summed E-state index contributed by atoms with van der Waals surface area (Å²) < 4.78 is 2.06. The van der Waals surface area contributed by atoms with Gasteiger partial charge in [0.1, 0.15) is 12.1 Å². The molecule has 1 aromatic carbocycles. The van der Waals surface area contributed by atoms with Crippen molar-refractivity contribution in [1.29, 1.82) is 0 Å². The van der Waals surface area contributed by atoms with Gasteiger partial charge in [-0.05, 0) is 62.9 Å². The first-order valence-corrected chi connectivity index (χ1v) is 10.5. The third-order valence-corrected chi connectivity index (χ3v) is 6.55. The maximum absolute atomic E-state index is 10.7. The number of anilines is 1. The van der Waals surface area contributed by atoms with Crippen molar-refractivity contribution in [3.05, 3.63) is 36.5 Å². The fourth-order valence-corrected chi connectivity index (χ4v) is 4.86. The van der Waals surface area contributed by atoms with Crippen molar-refractivity contribution in [2.45, 2.75) is 38.1 Å². The zero-order chi connectivity index (χ0) is 18.9. The lowest BCUT2D eigenvalue weighted by Crippen LogP contribution is -2.48. The van der Waals surface area contributed by atoms with Gasteiger partial charge in [0, 0.05) is 31.7 Å². The third kappa shape index (κ3) is 3.26. The number of fused-ring (bicyclic) bond motifs is 3. The average molecular weight is 377 g/mol. The quantitative estimate of drug-likeness (QED) is 0.654. The van der Waals surface area contributed by atoms with E-state index in [1.807, 2.05) is 18.2 Å². The van der Waals surface area contributed by atoms with Gasteiger partial charge in [0.25, 0.3) is 0 Å². The molecule has 0 atom stereocenters. The van der Waals surface area contributed by atoms with Crippen LogP contribution < -0.4 is 4.90 Å². The van der Waals surface area contributed by atoms with E-state index in [0.717, 1.165) is 61.5 Å². The predicted octanol–water partition coefficient (Wildman–Crippen LogP) is 3.15. The fourth-order valence-electron chi connectivity index (χ4n) is 4.86. The first-order valence-electron chi connectivity index (χ1n) is 10.5. The number of imidazole rings is 1. The number of hydrogen-bond donors (Lipinski definition) is 0. The molecule has 2 aliphatic rings. The first kappa shape index (κ1) is 17.6. The number of benzene rings is 1. The van der Waals surface area contributed by atoms with E-state index in [4.69, 9.17) is 4.98 Å². The molecular formula is C22H27N5O. The van der Waals surface area contributed by atoms with Gasteiger partial charge in [-0.2, -0.15) is 4.98 Å². The summed E-state index contributed by atoms with van der Waals surface area (Å²) in [6.07, 6.45) is 8.63. The van der Waals surface area contributed by atoms with Crippen LogP contribution in [0.3, 0.4) is 0 Å². The van der Waals surface area contributed by atoms with Crippen LogP contribution in [0.25, 0.3) is 16.8 Å². The van der Waals surface area contributed by atoms with Crippen LogP contribution >= 0.6 is 0 Å². The van der Waals surface area contributed by atoms with Crippen LogP contribution in [-0.2, 0) is 4.79 Å². The summed E-state index contributed by atoms with van der Waals surface area (Å²) in [6.45, 7) is 4.38. The summed E-state index contributed by atoms with van der Waals surface area (Å²) in [5.74, 6) is 2.42. The largest absolute Gasteiger partial charge is 0.356 e. The van der Waals surface area contributed by atoms with Gasteiger partial charge in [-0.3, -0.25) is 4.40 Å². The molecule has 2 aliphatic heterocycles. The highest BCUT2D eigenvalue weighted by Gasteiger charge is 2.28. The second-order valence-electron chi connectivity index (χ2n) is 8.16.